The largest absolute Gasteiger partial charge is 0.309 e. The third-order valence-corrected chi connectivity index (χ3v) is 5.44. The summed E-state index contributed by atoms with van der Waals surface area (Å²) in [6.45, 7) is 7.96. The van der Waals surface area contributed by atoms with Crippen LogP contribution in [0.1, 0.15) is 37.5 Å². The molecule has 4 nitrogen and oxygen atoms in total. The van der Waals surface area contributed by atoms with Crippen molar-refractivity contribution in [3.05, 3.63) is 65.0 Å². The van der Waals surface area contributed by atoms with Crippen molar-refractivity contribution in [2.75, 3.05) is 0 Å². The summed E-state index contributed by atoms with van der Waals surface area (Å²) in [4.78, 5) is 0.257. The number of hydrogen-bond acceptors (Lipinski definition) is 3. The third-order valence-electron chi connectivity index (χ3n) is 3.58. The van der Waals surface area contributed by atoms with E-state index in [4.69, 9.17) is 0 Å². The molecular weight excluding hydrogens is 339 g/mol. The molecule has 136 valence electrons. The van der Waals surface area contributed by atoms with E-state index in [9.17, 15) is 12.8 Å². The summed E-state index contributed by atoms with van der Waals surface area (Å²) in [5.41, 5.74) is 1.54. The molecule has 0 aliphatic heterocycles. The maximum atomic E-state index is 13.6. The molecule has 0 amide bonds. The predicted molar refractivity (Wildman–Crippen MR) is 98.2 cm³/mol. The van der Waals surface area contributed by atoms with Crippen LogP contribution in [0.2, 0.25) is 0 Å². The van der Waals surface area contributed by atoms with Gasteiger partial charge in [0.25, 0.3) is 0 Å². The number of sulfonamides is 1. The van der Waals surface area contributed by atoms with Crippen molar-refractivity contribution >= 4 is 10.0 Å². The topological polar surface area (TPSA) is 58.2 Å². The van der Waals surface area contributed by atoms with E-state index in [2.05, 4.69) is 10.0 Å². The van der Waals surface area contributed by atoms with Crippen LogP contribution in [-0.2, 0) is 23.1 Å². The Bertz CT molecular complexity index is 843. The minimum absolute atomic E-state index is 0.239. The van der Waals surface area contributed by atoms with Crippen LogP contribution in [0, 0.1) is 12.7 Å². The fourth-order valence-electron chi connectivity index (χ4n) is 2.46. The molecule has 0 aliphatic rings. The van der Waals surface area contributed by atoms with E-state index in [1.54, 1.807) is 58.0 Å². The molecule has 0 heterocycles. The van der Waals surface area contributed by atoms with Crippen LogP contribution >= 0.6 is 0 Å². The summed E-state index contributed by atoms with van der Waals surface area (Å²) < 4.78 is 41.5. The molecule has 0 saturated carbocycles. The van der Waals surface area contributed by atoms with Gasteiger partial charge in [-0.1, -0.05) is 30.3 Å². The van der Waals surface area contributed by atoms with Gasteiger partial charge in [0.05, 0.1) is 4.90 Å². The molecular formula is C19H25FN2O2S. The Balaban J connectivity index is 2.11. The highest BCUT2D eigenvalue weighted by atomic mass is 32.2. The van der Waals surface area contributed by atoms with Crippen molar-refractivity contribution in [1.29, 1.82) is 0 Å². The van der Waals surface area contributed by atoms with Crippen molar-refractivity contribution < 1.29 is 12.8 Å². The normalized spacial score (nSPS) is 12.4. The minimum Gasteiger partial charge on any atom is -0.309 e. The van der Waals surface area contributed by atoms with E-state index >= 15 is 0 Å². The summed E-state index contributed by atoms with van der Waals surface area (Å²) in [6, 6.07) is 12.0. The second-order valence-electron chi connectivity index (χ2n) is 7.15. The lowest BCUT2D eigenvalue weighted by Crippen LogP contribution is -2.40. The first kappa shape index (κ1) is 19.6. The first-order valence-corrected chi connectivity index (χ1v) is 9.64. The van der Waals surface area contributed by atoms with Crippen molar-refractivity contribution in [1.82, 2.24) is 10.0 Å². The Labute approximate surface area is 149 Å². The Hall–Kier alpha value is -1.76. The molecule has 2 aromatic rings. The van der Waals surface area contributed by atoms with Gasteiger partial charge in [-0.15, -0.1) is 0 Å². The zero-order chi connectivity index (χ0) is 18.7. The fourth-order valence-corrected chi connectivity index (χ4v) is 4.12. The van der Waals surface area contributed by atoms with Gasteiger partial charge >= 0.3 is 0 Å². The molecule has 2 aromatic carbocycles. The first-order valence-electron chi connectivity index (χ1n) is 8.16. The molecule has 0 radical (unpaired) electrons. The van der Waals surface area contributed by atoms with Gasteiger partial charge in [-0.25, -0.2) is 17.5 Å². The second kappa shape index (κ2) is 7.64. The SMILES string of the molecule is Cc1ccc(CNCc2ccccc2S(=O)(=O)NC(C)(C)C)cc1F. The molecule has 0 saturated heterocycles. The zero-order valence-electron chi connectivity index (χ0n) is 15.1. The van der Waals surface area contributed by atoms with E-state index in [1.165, 1.54) is 6.07 Å². The van der Waals surface area contributed by atoms with Gasteiger partial charge in [0.2, 0.25) is 10.0 Å². The number of hydrogen-bond donors (Lipinski definition) is 2. The average molecular weight is 364 g/mol. The molecule has 2 rings (SSSR count). The van der Waals surface area contributed by atoms with Crippen molar-refractivity contribution in [2.45, 2.75) is 51.2 Å². The van der Waals surface area contributed by atoms with Gasteiger partial charge < -0.3 is 5.32 Å². The standard InChI is InChI=1S/C19H25FN2O2S/c1-14-9-10-15(11-17(14)20)12-21-13-16-7-5-6-8-18(16)25(23,24)22-19(2,3)4/h5-11,21-22H,12-13H2,1-4H3. The predicted octanol–water partition coefficient (Wildman–Crippen LogP) is 3.50. The van der Waals surface area contributed by atoms with Crippen LogP contribution in [0.4, 0.5) is 4.39 Å². The Morgan fingerprint density at radius 3 is 2.36 bits per heavy atom. The third kappa shape index (κ3) is 5.63. The molecule has 25 heavy (non-hydrogen) atoms. The monoisotopic (exact) mass is 364 g/mol. The molecule has 0 unspecified atom stereocenters. The summed E-state index contributed by atoms with van der Waals surface area (Å²) >= 11 is 0. The molecule has 0 bridgehead atoms. The lowest BCUT2D eigenvalue weighted by atomic mass is 10.1. The second-order valence-corrected chi connectivity index (χ2v) is 8.80. The highest BCUT2D eigenvalue weighted by molar-refractivity contribution is 7.89. The Morgan fingerprint density at radius 2 is 1.72 bits per heavy atom. The Morgan fingerprint density at radius 1 is 1.04 bits per heavy atom. The van der Waals surface area contributed by atoms with E-state index in [0.29, 0.717) is 24.2 Å². The van der Waals surface area contributed by atoms with Gasteiger partial charge in [0.1, 0.15) is 5.82 Å². The molecule has 0 aromatic heterocycles. The van der Waals surface area contributed by atoms with E-state index in [-0.39, 0.29) is 10.7 Å². The van der Waals surface area contributed by atoms with Gasteiger partial charge in [0.15, 0.2) is 0 Å². The number of halogens is 1. The van der Waals surface area contributed by atoms with Gasteiger partial charge in [-0.3, -0.25) is 0 Å². The minimum atomic E-state index is -3.61. The van der Waals surface area contributed by atoms with E-state index < -0.39 is 15.6 Å². The maximum absolute atomic E-state index is 13.6. The quantitative estimate of drug-likeness (QED) is 0.825. The summed E-state index contributed by atoms with van der Waals surface area (Å²) in [5.74, 6) is -0.239. The van der Waals surface area contributed by atoms with Crippen LogP contribution < -0.4 is 10.0 Å². The van der Waals surface area contributed by atoms with Crippen LogP contribution in [0.25, 0.3) is 0 Å². The van der Waals surface area contributed by atoms with Gasteiger partial charge in [-0.2, -0.15) is 0 Å². The number of nitrogens with one attached hydrogen (secondary N) is 2. The van der Waals surface area contributed by atoms with Gasteiger partial charge in [-0.05, 0) is 56.5 Å². The fraction of sp³-hybridized carbons (Fsp3) is 0.368. The molecule has 0 atom stereocenters. The first-order chi connectivity index (χ1) is 11.6. The highest BCUT2D eigenvalue weighted by Crippen LogP contribution is 2.18. The highest BCUT2D eigenvalue weighted by Gasteiger charge is 2.23. The van der Waals surface area contributed by atoms with Crippen LogP contribution in [0.3, 0.4) is 0 Å². The van der Waals surface area contributed by atoms with Crippen LogP contribution in [0.5, 0.6) is 0 Å². The molecule has 0 fully saturated rings. The molecule has 0 spiro atoms. The smallest absolute Gasteiger partial charge is 0.241 e. The summed E-state index contributed by atoms with van der Waals surface area (Å²) in [5, 5.41) is 3.18. The van der Waals surface area contributed by atoms with E-state index in [0.717, 1.165) is 5.56 Å². The maximum Gasteiger partial charge on any atom is 0.241 e. The molecule has 2 N–H and O–H groups in total. The van der Waals surface area contributed by atoms with Crippen molar-refractivity contribution in [2.24, 2.45) is 0 Å². The van der Waals surface area contributed by atoms with Gasteiger partial charge in [0, 0.05) is 18.6 Å². The van der Waals surface area contributed by atoms with E-state index in [1.807, 2.05) is 6.07 Å². The summed E-state index contributed by atoms with van der Waals surface area (Å²) in [6.07, 6.45) is 0. The number of rotatable bonds is 6. The summed E-state index contributed by atoms with van der Waals surface area (Å²) in [7, 11) is -3.61. The molecule has 0 aliphatic carbocycles. The zero-order valence-corrected chi connectivity index (χ0v) is 15.9. The molecule has 6 heteroatoms. The lowest BCUT2D eigenvalue weighted by Gasteiger charge is -2.21. The Kier molecular flexibility index (Phi) is 5.98. The van der Waals surface area contributed by atoms with Crippen molar-refractivity contribution in [3.63, 3.8) is 0 Å². The average Bonchev–Trinajstić information content (AvgIpc) is 2.49. The lowest BCUT2D eigenvalue weighted by molar-refractivity contribution is 0.490. The number of benzene rings is 2. The van der Waals surface area contributed by atoms with Crippen LogP contribution in [0.15, 0.2) is 47.4 Å². The number of aryl methyl sites for hydroxylation is 1. The van der Waals surface area contributed by atoms with Crippen LogP contribution in [-0.4, -0.2) is 14.0 Å². The van der Waals surface area contributed by atoms with Crippen molar-refractivity contribution in [3.8, 4) is 0 Å².